The number of ether oxygens (including phenoxy) is 1. The number of benzene rings is 1. The molecule has 2 aromatic rings. The van der Waals surface area contributed by atoms with E-state index in [0.717, 1.165) is 0 Å². The van der Waals surface area contributed by atoms with Gasteiger partial charge in [-0.25, -0.2) is 4.39 Å². The molecule has 0 saturated carbocycles. The zero-order chi connectivity index (χ0) is 18.6. The number of hydrogen-bond donors (Lipinski definition) is 0. The lowest BCUT2D eigenvalue weighted by Crippen LogP contribution is -2.31. The van der Waals surface area contributed by atoms with Crippen molar-refractivity contribution in [2.24, 2.45) is 0 Å². The molecule has 0 fully saturated rings. The van der Waals surface area contributed by atoms with Crippen LogP contribution in [0.4, 0.5) is 4.39 Å². The highest BCUT2D eigenvalue weighted by Crippen LogP contribution is 2.20. The summed E-state index contributed by atoms with van der Waals surface area (Å²) in [7, 11) is 1.48. The molecule has 0 aliphatic heterocycles. The summed E-state index contributed by atoms with van der Waals surface area (Å²) in [4.78, 5) is 25.2. The van der Waals surface area contributed by atoms with Gasteiger partial charge in [-0.05, 0) is 26.0 Å². The molecule has 2 rings (SSSR count). The van der Waals surface area contributed by atoms with Crippen LogP contribution in [0.2, 0.25) is 5.02 Å². The third-order valence-corrected chi connectivity index (χ3v) is 4.10. The van der Waals surface area contributed by atoms with Gasteiger partial charge >= 0.3 is 5.97 Å². The fraction of sp³-hybridized carbons (Fsp3) is 0.353. The van der Waals surface area contributed by atoms with E-state index in [9.17, 15) is 14.0 Å². The SMILES string of the molecule is Cc1noc(C)c1CC(=O)OCC(=O)N(C)Cc1c(F)cccc1Cl. The van der Waals surface area contributed by atoms with Crippen LogP contribution >= 0.6 is 11.6 Å². The predicted molar refractivity (Wildman–Crippen MR) is 88.5 cm³/mol. The maximum atomic E-state index is 13.8. The van der Waals surface area contributed by atoms with Crippen LogP contribution in [-0.2, 0) is 27.3 Å². The number of likely N-dealkylation sites (N-methyl/N-ethyl adjacent to an activating group) is 1. The van der Waals surface area contributed by atoms with E-state index in [-0.39, 0.29) is 23.6 Å². The van der Waals surface area contributed by atoms with Gasteiger partial charge in [0.05, 0.1) is 12.1 Å². The number of aryl methyl sites for hydroxylation is 2. The van der Waals surface area contributed by atoms with Gasteiger partial charge in [0.1, 0.15) is 11.6 Å². The molecule has 1 aromatic carbocycles. The molecule has 0 aliphatic rings. The molecule has 134 valence electrons. The normalized spacial score (nSPS) is 10.6. The summed E-state index contributed by atoms with van der Waals surface area (Å²) in [5, 5.41) is 3.98. The summed E-state index contributed by atoms with van der Waals surface area (Å²) in [6, 6.07) is 4.30. The molecule has 0 radical (unpaired) electrons. The van der Waals surface area contributed by atoms with Crippen LogP contribution in [0.3, 0.4) is 0 Å². The van der Waals surface area contributed by atoms with E-state index in [1.54, 1.807) is 19.9 Å². The van der Waals surface area contributed by atoms with E-state index in [2.05, 4.69) is 5.16 Å². The summed E-state index contributed by atoms with van der Waals surface area (Å²) < 4.78 is 23.7. The number of amides is 1. The van der Waals surface area contributed by atoms with Crippen molar-refractivity contribution in [2.45, 2.75) is 26.8 Å². The van der Waals surface area contributed by atoms with Crippen molar-refractivity contribution >= 4 is 23.5 Å². The van der Waals surface area contributed by atoms with Crippen LogP contribution < -0.4 is 0 Å². The van der Waals surface area contributed by atoms with Gasteiger partial charge in [-0.2, -0.15) is 0 Å². The van der Waals surface area contributed by atoms with Crippen molar-refractivity contribution in [3.8, 4) is 0 Å². The molecule has 1 aromatic heterocycles. The molecule has 6 nitrogen and oxygen atoms in total. The van der Waals surface area contributed by atoms with Crippen molar-refractivity contribution in [1.29, 1.82) is 0 Å². The lowest BCUT2D eigenvalue weighted by Gasteiger charge is -2.18. The van der Waals surface area contributed by atoms with Gasteiger partial charge in [0.2, 0.25) is 0 Å². The Bertz CT molecular complexity index is 751. The van der Waals surface area contributed by atoms with Gasteiger partial charge < -0.3 is 14.2 Å². The second kappa shape index (κ2) is 8.11. The highest BCUT2D eigenvalue weighted by atomic mass is 35.5. The van der Waals surface area contributed by atoms with Gasteiger partial charge in [-0.1, -0.05) is 22.8 Å². The number of halogens is 2. The molecule has 1 heterocycles. The first-order valence-corrected chi connectivity index (χ1v) is 7.91. The van der Waals surface area contributed by atoms with Crippen LogP contribution in [0, 0.1) is 19.7 Å². The number of rotatable bonds is 6. The Kier molecular flexibility index (Phi) is 6.14. The monoisotopic (exact) mass is 368 g/mol. The Balaban J connectivity index is 1.88. The quantitative estimate of drug-likeness (QED) is 0.733. The largest absolute Gasteiger partial charge is 0.455 e. The molecule has 8 heteroatoms. The highest BCUT2D eigenvalue weighted by molar-refractivity contribution is 6.31. The van der Waals surface area contributed by atoms with Crippen LogP contribution in [0.15, 0.2) is 22.7 Å². The Labute approximate surface area is 149 Å². The first-order chi connectivity index (χ1) is 11.8. The molecular formula is C17H18ClFN2O4. The van der Waals surface area contributed by atoms with Crippen LogP contribution in [0.1, 0.15) is 22.6 Å². The zero-order valence-corrected chi connectivity index (χ0v) is 14.9. The number of aromatic nitrogens is 1. The van der Waals surface area contributed by atoms with Crippen molar-refractivity contribution < 1.29 is 23.2 Å². The van der Waals surface area contributed by atoms with Gasteiger partial charge in [-0.15, -0.1) is 0 Å². The van der Waals surface area contributed by atoms with Gasteiger partial charge in [-0.3, -0.25) is 9.59 Å². The average Bonchev–Trinajstić information content (AvgIpc) is 2.87. The number of esters is 1. The molecule has 1 amide bonds. The highest BCUT2D eigenvalue weighted by Gasteiger charge is 2.18. The van der Waals surface area contributed by atoms with Gasteiger partial charge in [0.25, 0.3) is 5.91 Å². The fourth-order valence-corrected chi connectivity index (χ4v) is 2.43. The number of carbonyl (C=O) groups is 2. The third-order valence-electron chi connectivity index (χ3n) is 3.74. The van der Waals surface area contributed by atoms with Crippen molar-refractivity contribution in [2.75, 3.05) is 13.7 Å². The van der Waals surface area contributed by atoms with Crippen LogP contribution in [-0.4, -0.2) is 35.6 Å². The first-order valence-electron chi connectivity index (χ1n) is 7.53. The number of nitrogens with zero attached hydrogens (tertiary/aromatic N) is 2. The molecule has 0 atom stereocenters. The molecule has 0 saturated heterocycles. The zero-order valence-electron chi connectivity index (χ0n) is 14.1. The molecular weight excluding hydrogens is 351 g/mol. The molecule has 0 spiro atoms. The second-order valence-corrected chi connectivity index (χ2v) is 6.00. The van der Waals surface area contributed by atoms with Crippen LogP contribution in [0.25, 0.3) is 0 Å². The molecule has 0 unspecified atom stereocenters. The van der Waals surface area contributed by atoms with E-state index in [1.807, 2.05) is 0 Å². The van der Waals surface area contributed by atoms with Crippen molar-refractivity contribution in [3.63, 3.8) is 0 Å². The van der Waals surface area contributed by atoms with E-state index in [0.29, 0.717) is 17.0 Å². The van der Waals surface area contributed by atoms with E-state index in [1.165, 1.54) is 24.1 Å². The summed E-state index contributed by atoms with van der Waals surface area (Å²) in [6.45, 7) is 2.95. The average molecular weight is 369 g/mol. The van der Waals surface area contributed by atoms with E-state index < -0.39 is 24.3 Å². The Morgan fingerprint density at radius 1 is 1.32 bits per heavy atom. The third kappa shape index (κ3) is 4.79. The lowest BCUT2D eigenvalue weighted by molar-refractivity contribution is -0.151. The van der Waals surface area contributed by atoms with Crippen molar-refractivity contribution in [3.05, 3.63) is 51.6 Å². The minimum atomic E-state index is -0.569. The van der Waals surface area contributed by atoms with Crippen LogP contribution in [0.5, 0.6) is 0 Å². The maximum absolute atomic E-state index is 13.8. The minimum absolute atomic E-state index is 0.0221. The summed E-state index contributed by atoms with van der Waals surface area (Å²) in [6.07, 6.45) is -0.0305. The van der Waals surface area contributed by atoms with Gasteiger partial charge in [0, 0.05) is 29.7 Å². The molecule has 25 heavy (non-hydrogen) atoms. The Morgan fingerprint density at radius 3 is 2.64 bits per heavy atom. The van der Waals surface area contributed by atoms with Gasteiger partial charge in [0.15, 0.2) is 6.61 Å². The Morgan fingerprint density at radius 2 is 2.04 bits per heavy atom. The summed E-state index contributed by atoms with van der Waals surface area (Å²) in [5.74, 6) is -0.999. The topological polar surface area (TPSA) is 72.6 Å². The molecule has 0 aliphatic carbocycles. The Hall–Kier alpha value is -2.41. The fourth-order valence-electron chi connectivity index (χ4n) is 2.21. The maximum Gasteiger partial charge on any atom is 0.310 e. The first kappa shape index (κ1) is 18.9. The van der Waals surface area contributed by atoms with E-state index >= 15 is 0 Å². The summed E-state index contributed by atoms with van der Waals surface area (Å²) in [5.41, 5.74) is 1.46. The minimum Gasteiger partial charge on any atom is -0.455 e. The smallest absolute Gasteiger partial charge is 0.310 e. The van der Waals surface area contributed by atoms with E-state index in [4.69, 9.17) is 20.9 Å². The standard InChI is InChI=1S/C17H18ClFN2O4/c1-10-12(11(2)25-20-10)7-17(23)24-9-16(22)21(3)8-13-14(18)5-4-6-15(13)19/h4-6H,7-9H2,1-3H3. The number of carbonyl (C=O) groups excluding carboxylic acids is 2. The number of hydrogen-bond acceptors (Lipinski definition) is 5. The molecule has 0 N–H and O–H groups in total. The molecule has 0 bridgehead atoms. The lowest BCUT2D eigenvalue weighted by atomic mass is 10.1. The van der Waals surface area contributed by atoms with Crippen molar-refractivity contribution in [1.82, 2.24) is 10.1 Å². The predicted octanol–water partition coefficient (Wildman–Crippen LogP) is 2.83. The summed E-state index contributed by atoms with van der Waals surface area (Å²) >= 11 is 5.94. The second-order valence-electron chi connectivity index (χ2n) is 5.59.